The van der Waals surface area contributed by atoms with Crippen molar-refractivity contribution in [2.45, 2.75) is 52.7 Å². The number of carbonyl (C=O) groups is 1. The predicted molar refractivity (Wildman–Crippen MR) is 157 cm³/mol. The van der Waals surface area contributed by atoms with Crippen molar-refractivity contribution < 1.29 is 33.3 Å². The molecule has 0 aliphatic rings. The van der Waals surface area contributed by atoms with Gasteiger partial charge in [0.2, 0.25) is 10.0 Å². The molecule has 0 fully saturated rings. The molecule has 5 N–H and O–H groups in total. The van der Waals surface area contributed by atoms with Crippen molar-refractivity contribution in [1.82, 2.24) is 5.32 Å². The maximum atomic E-state index is 11.6. The molecule has 0 amide bonds. The average Bonchev–Trinajstić information content (AvgIpc) is 2.87. The molecule has 0 aliphatic heterocycles. The van der Waals surface area contributed by atoms with Crippen LogP contribution in [-0.2, 0) is 10.0 Å². The van der Waals surface area contributed by atoms with Crippen LogP contribution in [0.2, 0.25) is 0 Å². The summed E-state index contributed by atoms with van der Waals surface area (Å²) in [6.45, 7) is 10.5. The summed E-state index contributed by atoms with van der Waals surface area (Å²) in [5.41, 5.74) is 5.38. The fourth-order valence-corrected chi connectivity index (χ4v) is 5.18. The largest absolute Gasteiger partial charge is 0.506 e. The van der Waals surface area contributed by atoms with E-state index in [2.05, 4.69) is 10.0 Å². The minimum Gasteiger partial charge on any atom is -0.506 e. The molecule has 0 aliphatic carbocycles. The van der Waals surface area contributed by atoms with Gasteiger partial charge in [0.05, 0.1) is 23.6 Å². The number of benzene rings is 3. The normalized spacial score (nSPS) is 13.2. The molecule has 9 nitrogen and oxygen atoms in total. The van der Waals surface area contributed by atoms with Gasteiger partial charge in [-0.3, -0.25) is 4.72 Å². The Kier molecular flexibility index (Phi) is 9.83. The van der Waals surface area contributed by atoms with Crippen LogP contribution < -0.4 is 14.8 Å². The second-order valence-corrected chi connectivity index (χ2v) is 12.1. The lowest BCUT2D eigenvalue weighted by Crippen LogP contribution is -2.35. The fourth-order valence-electron chi connectivity index (χ4n) is 4.62. The number of ether oxygens (including phenoxy) is 1. The Morgan fingerprint density at radius 3 is 2.20 bits per heavy atom. The molecular formula is C30H38N2O7S. The van der Waals surface area contributed by atoms with Crippen molar-refractivity contribution in [1.29, 1.82) is 0 Å². The second kappa shape index (κ2) is 12.7. The SMILES string of the molecule is Cc1cc(-c2ccc(C(=O)O)c(C(C)C)c2)cc(C)c1OCCN[C@@H](C)[C@H](O)c1ccc(O)c(NS(C)(=O)=O)c1. The van der Waals surface area contributed by atoms with Crippen molar-refractivity contribution >= 4 is 21.7 Å². The van der Waals surface area contributed by atoms with Crippen molar-refractivity contribution in [3.05, 3.63) is 76.3 Å². The first-order valence-electron chi connectivity index (χ1n) is 13.0. The summed E-state index contributed by atoms with van der Waals surface area (Å²) in [4.78, 5) is 11.6. The number of nitrogens with one attached hydrogen (secondary N) is 2. The van der Waals surface area contributed by atoms with Gasteiger partial charge in [-0.1, -0.05) is 32.0 Å². The molecule has 3 aromatic rings. The van der Waals surface area contributed by atoms with Gasteiger partial charge in [-0.25, -0.2) is 13.2 Å². The van der Waals surface area contributed by atoms with Crippen LogP contribution in [0.15, 0.2) is 48.5 Å². The Morgan fingerprint density at radius 2 is 1.62 bits per heavy atom. The highest BCUT2D eigenvalue weighted by atomic mass is 32.2. The lowest BCUT2D eigenvalue weighted by atomic mass is 9.91. The summed E-state index contributed by atoms with van der Waals surface area (Å²) in [5.74, 6) is -0.326. The first-order valence-corrected chi connectivity index (χ1v) is 14.9. The Morgan fingerprint density at radius 1 is 0.975 bits per heavy atom. The third-order valence-electron chi connectivity index (χ3n) is 6.64. The van der Waals surface area contributed by atoms with E-state index in [1.54, 1.807) is 13.0 Å². The first kappa shape index (κ1) is 30.9. The lowest BCUT2D eigenvalue weighted by Gasteiger charge is -2.22. The van der Waals surface area contributed by atoms with E-state index in [4.69, 9.17) is 4.74 Å². The van der Waals surface area contributed by atoms with Gasteiger partial charge in [0.1, 0.15) is 18.1 Å². The highest BCUT2D eigenvalue weighted by molar-refractivity contribution is 7.92. The standard InChI is InChI=1S/C30H38N2O7S/c1-17(2)25-15-21(7-9-24(25)30(35)36)23-13-18(3)29(19(4)14-23)39-12-11-31-20(5)28(34)22-8-10-27(33)26(16-22)32-40(6,37)38/h7-10,13-17,20,28,31-34H,11-12H2,1-6H3,(H,35,36)/t20-,28-/m0/s1. The van der Waals surface area contributed by atoms with Crippen LogP contribution in [0.25, 0.3) is 11.1 Å². The zero-order chi connectivity index (χ0) is 29.8. The van der Waals surface area contributed by atoms with Crippen LogP contribution in [0.4, 0.5) is 5.69 Å². The Balaban J connectivity index is 1.64. The van der Waals surface area contributed by atoms with Crippen LogP contribution in [0.1, 0.15) is 65.4 Å². The van der Waals surface area contributed by atoms with Gasteiger partial charge in [0.25, 0.3) is 0 Å². The topological polar surface area (TPSA) is 145 Å². The quantitative estimate of drug-likeness (QED) is 0.152. The summed E-state index contributed by atoms with van der Waals surface area (Å²) >= 11 is 0. The van der Waals surface area contributed by atoms with Crippen LogP contribution >= 0.6 is 0 Å². The second-order valence-electron chi connectivity index (χ2n) is 10.4. The number of hydrogen-bond acceptors (Lipinski definition) is 7. The zero-order valence-corrected chi connectivity index (χ0v) is 24.5. The van der Waals surface area contributed by atoms with Crippen LogP contribution in [0, 0.1) is 13.8 Å². The van der Waals surface area contributed by atoms with Gasteiger partial charge >= 0.3 is 5.97 Å². The van der Waals surface area contributed by atoms with Crippen molar-refractivity contribution in [2.75, 3.05) is 24.1 Å². The maximum absolute atomic E-state index is 11.6. The summed E-state index contributed by atoms with van der Waals surface area (Å²) in [7, 11) is -3.59. The van der Waals surface area contributed by atoms with Crippen molar-refractivity contribution in [3.8, 4) is 22.6 Å². The molecule has 0 saturated carbocycles. The molecule has 3 aromatic carbocycles. The Labute approximate surface area is 235 Å². The number of aromatic hydroxyl groups is 1. The highest BCUT2D eigenvalue weighted by Gasteiger charge is 2.19. The van der Waals surface area contributed by atoms with Gasteiger partial charge in [-0.15, -0.1) is 0 Å². The number of sulfonamides is 1. The molecule has 2 atom stereocenters. The Bertz CT molecular complexity index is 1460. The van der Waals surface area contributed by atoms with E-state index in [0.717, 1.165) is 39.8 Å². The molecule has 0 spiro atoms. The Hall–Kier alpha value is -3.60. The zero-order valence-electron chi connectivity index (χ0n) is 23.6. The number of aromatic carboxylic acids is 1. The minimum atomic E-state index is -3.59. The number of phenols is 1. The van der Waals surface area contributed by atoms with E-state index in [9.17, 15) is 28.5 Å². The molecule has 216 valence electrons. The number of anilines is 1. The highest BCUT2D eigenvalue weighted by Crippen LogP contribution is 2.33. The third-order valence-corrected chi connectivity index (χ3v) is 7.23. The number of aliphatic hydroxyl groups is 1. The average molecular weight is 571 g/mol. The van der Waals surface area contributed by atoms with Gasteiger partial charge in [0.15, 0.2) is 0 Å². The van der Waals surface area contributed by atoms with Gasteiger partial charge in [0, 0.05) is 12.6 Å². The molecule has 0 aromatic heterocycles. The monoisotopic (exact) mass is 570 g/mol. The van der Waals surface area contributed by atoms with E-state index in [1.807, 2.05) is 52.0 Å². The van der Waals surface area contributed by atoms with Crippen molar-refractivity contribution in [2.24, 2.45) is 0 Å². The van der Waals surface area contributed by atoms with Gasteiger partial charge in [-0.05, 0) is 90.4 Å². The summed E-state index contributed by atoms with van der Waals surface area (Å²) in [6, 6.07) is 13.4. The first-order chi connectivity index (χ1) is 18.7. The number of carboxylic acids is 1. The third kappa shape index (κ3) is 7.74. The number of aliphatic hydroxyl groups excluding tert-OH is 1. The number of carboxylic acid groups (broad SMARTS) is 1. The fraction of sp³-hybridized carbons (Fsp3) is 0.367. The summed E-state index contributed by atoms with van der Waals surface area (Å²) in [5, 5.41) is 33.4. The molecule has 0 saturated heterocycles. The molecule has 0 unspecified atom stereocenters. The van der Waals surface area contributed by atoms with E-state index >= 15 is 0 Å². The van der Waals surface area contributed by atoms with E-state index in [0.29, 0.717) is 24.3 Å². The van der Waals surface area contributed by atoms with E-state index in [1.165, 1.54) is 18.2 Å². The van der Waals surface area contributed by atoms with Gasteiger partial charge in [-0.2, -0.15) is 0 Å². The smallest absolute Gasteiger partial charge is 0.335 e. The minimum absolute atomic E-state index is 0.00207. The molecular weight excluding hydrogens is 532 g/mol. The molecule has 0 bridgehead atoms. The van der Waals surface area contributed by atoms with E-state index < -0.39 is 22.1 Å². The van der Waals surface area contributed by atoms with Crippen molar-refractivity contribution in [3.63, 3.8) is 0 Å². The molecule has 10 heteroatoms. The molecule has 40 heavy (non-hydrogen) atoms. The molecule has 3 rings (SSSR count). The van der Waals surface area contributed by atoms with Crippen LogP contribution in [0.3, 0.4) is 0 Å². The lowest BCUT2D eigenvalue weighted by molar-refractivity contribution is 0.0695. The number of rotatable bonds is 12. The molecule has 0 heterocycles. The number of aryl methyl sites for hydroxylation is 2. The molecule has 0 radical (unpaired) electrons. The predicted octanol–water partition coefficient (Wildman–Crippen LogP) is 4.96. The number of phenolic OH excluding ortho intramolecular Hbond substituents is 1. The van der Waals surface area contributed by atoms with Gasteiger partial charge < -0.3 is 25.4 Å². The van der Waals surface area contributed by atoms with E-state index in [-0.39, 0.29) is 23.4 Å². The maximum Gasteiger partial charge on any atom is 0.335 e. The van der Waals surface area contributed by atoms with Crippen LogP contribution in [0.5, 0.6) is 11.5 Å². The summed E-state index contributed by atoms with van der Waals surface area (Å²) in [6.07, 6.45) is 0.0318. The summed E-state index contributed by atoms with van der Waals surface area (Å²) < 4.78 is 31.4. The number of hydrogen-bond donors (Lipinski definition) is 5. The van der Waals surface area contributed by atoms with Crippen LogP contribution in [-0.4, -0.2) is 55.2 Å².